The van der Waals surface area contributed by atoms with Crippen molar-refractivity contribution >= 4 is 29.2 Å². The standard InChI is InChI=1S/C19H23N3OS/c1-21(17-6-4-3-5-7-17)19(23)16-8-10-20-18(12-16)22-11-9-15(13-22)14-24-2/h3-8,10,12,15H,9,11,13-14H2,1-2H3/t15-/m1/s1. The van der Waals surface area contributed by atoms with Crippen LogP contribution in [-0.4, -0.2) is 43.0 Å². The third kappa shape index (κ3) is 3.73. The third-order valence-corrected chi connectivity index (χ3v) is 5.26. The molecule has 0 unspecified atom stereocenters. The Labute approximate surface area is 147 Å². The average Bonchev–Trinajstić information content (AvgIpc) is 3.10. The fraction of sp³-hybridized carbons (Fsp3) is 0.368. The van der Waals surface area contributed by atoms with E-state index in [-0.39, 0.29) is 5.91 Å². The van der Waals surface area contributed by atoms with Crippen molar-refractivity contribution in [3.63, 3.8) is 0 Å². The molecule has 1 aliphatic rings. The zero-order valence-corrected chi connectivity index (χ0v) is 15.0. The number of para-hydroxylation sites is 1. The number of rotatable bonds is 5. The summed E-state index contributed by atoms with van der Waals surface area (Å²) < 4.78 is 0. The molecule has 1 amide bonds. The normalized spacial score (nSPS) is 17.1. The van der Waals surface area contributed by atoms with Gasteiger partial charge in [-0.25, -0.2) is 4.98 Å². The highest BCUT2D eigenvalue weighted by molar-refractivity contribution is 7.98. The Morgan fingerprint density at radius 1 is 1.33 bits per heavy atom. The van der Waals surface area contributed by atoms with Crippen LogP contribution in [0.2, 0.25) is 0 Å². The second-order valence-electron chi connectivity index (χ2n) is 6.16. The molecule has 2 aromatic rings. The lowest BCUT2D eigenvalue weighted by atomic mass is 10.2. The maximum absolute atomic E-state index is 12.8. The molecule has 2 heterocycles. The van der Waals surface area contributed by atoms with Crippen LogP contribution >= 0.6 is 11.8 Å². The van der Waals surface area contributed by atoms with Crippen molar-refractivity contribution in [3.05, 3.63) is 54.2 Å². The first-order chi connectivity index (χ1) is 11.7. The van der Waals surface area contributed by atoms with Crippen molar-refractivity contribution in [2.45, 2.75) is 6.42 Å². The van der Waals surface area contributed by atoms with E-state index in [2.05, 4.69) is 16.1 Å². The Balaban J connectivity index is 1.75. The molecular formula is C19H23N3OS. The average molecular weight is 341 g/mol. The molecule has 126 valence electrons. The summed E-state index contributed by atoms with van der Waals surface area (Å²) in [7, 11) is 1.81. The minimum atomic E-state index is -0.00953. The van der Waals surface area contributed by atoms with Gasteiger partial charge in [-0.3, -0.25) is 4.79 Å². The van der Waals surface area contributed by atoms with E-state index in [9.17, 15) is 4.79 Å². The molecule has 1 aliphatic heterocycles. The summed E-state index contributed by atoms with van der Waals surface area (Å²) in [5.41, 5.74) is 1.57. The maximum Gasteiger partial charge on any atom is 0.258 e. The molecule has 1 aromatic carbocycles. The van der Waals surface area contributed by atoms with Gasteiger partial charge in [0, 0.05) is 37.6 Å². The quantitative estimate of drug-likeness (QED) is 0.833. The van der Waals surface area contributed by atoms with Crippen LogP contribution < -0.4 is 9.80 Å². The van der Waals surface area contributed by atoms with Crippen molar-refractivity contribution < 1.29 is 4.79 Å². The van der Waals surface area contributed by atoms with Crippen molar-refractivity contribution in [3.8, 4) is 0 Å². The number of nitrogens with zero attached hydrogens (tertiary/aromatic N) is 3. The first-order valence-electron chi connectivity index (χ1n) is 8.22. The molecule has 1 aromatic heterocycles. The van der Waals surface area contributed by atoms with Gasteiger partial charge in [0.2, 0.25) is 0 Å². The molecule has 0 radical (unpaired) electrons. The van der Waals surface area contributed by atoms with E-state index in [1.54, 1.807) is 17.2 Å². The maximum atomic E-state index is 12.8. The molecule has 3 rings (SSSR count). The smallest absolute Gasteiger partial charge is 0.258 e. The van der Waals surface area contributed by atoms with Crippen LogP contribution in [0, 0.1) is 5.92 Å². The molecule has 0 spiro atoms. The highest BCUT2D eigenvalue weighted by Gasteiger charge is 2.24. The van der Waals surface area contributed by atoms with Crippen molar-refractivity contribution in [2.75, 3.05) is 41.9 Å². The minimum Gasteiger partial charge on any atom is -0.356 e. The SMILES string of the molecule is CSC[C@@H]1CCN(c2cc(C(=O)N(C)c3ccccc3)ccn2)C1. The monoisotopic (exact) mass is 341 g/mol. The van der Waals surface area contributed by atoms with Gasteiger partial charge in [-0.2, -0.15) is 11.8 Å². The van der Waals surface area contributed by atoms with Crippen molar-refractivity contribution in [1.82, 2.24) is 4.98 Å². The zero-order valence-electron chi connectivity index (χ0n) is 14.2. The Hall–Kier alpha value is -2.01. The molecule has 0 N–H and O–H groups in total. The summed E-state index contributed by atoms with van der Waals surface area (Å²) >= 11 is 1.90. The highest BCUT2D eigenvalue weighted by Crippen LogP contribution is 2.25. The van der Waals surface area contributed by atoms with Crippen LogP contribution in [0.5, 0.6) is 0 Å². The highest BCUT2D eigenvalue weighted by atomic mass is 32.2. The first kappa shape index (κ1) is 16.8. The van der Waals surface area contributed by atoms with Crippen molar-refractivity contribution in [1.29, 1.82) is 0 Å². The summed E-state index contributed by atoms with van der Waals surface area (Å²) in [5.74, 6) is 2.80. The second kappa shape index (κ2) is 7.71. The molecule has 0 bridgehead atoms. The topological polar surface area (TPSA) is 36.4 Å². The van der Waals surface area contributed by atoms with Gasteiger partial charge in [0.1, 0.15) is 5.82 Å². The lowest BCUT2D eigenvalue weighted by molar-refractivity contribution is 0.0993. The number of thioether (sulfide) groups is 1. The van der Waals surface area contributed by atoms with E-state index < -0.39 is 0 Å². The molecule has 24 heavy (non-hydrogen) atoms. The number of anilines is 2. The summed E-state index contributed by atoms with van der Waals surface area (Å²) in [4.78, 5) is 21.2. The molecule has 0 aliphatic carbocycles. The van der Waals surface area contributed by atoms with Crippen molar-refractivity contribution in [2.24, 2.45) is 5.92 Å². The summed E-state index contributed by atoms with van der Waals surface area (Å²) in [6, 6.07) is 13.4. The summed E-state index contributed by atoms with van der Waals surface area (Å²) in [5, 5.41) is 0. The van der Waals surface area contributed by atoms with Gasteiger partial charge >= 0.3 is 0 Å². The fourth-order valence-electron chi connectivity index (χ4n) is 3.10. The van der Waals surface area contributed by atoms with Crippen LogP contribution in [0.25, 0.3) is 0 Å². The van der Waals surface area contributed by atoms with Gasteiger partial charge in [0.05, 0.1) is 0 Å². The number of benzene rings is 1. The molecular weight excluding hydrogens is 318 g/mol. The van der Waals surface area contributed by atoms with Crippen LogP contribution in [0.1, 0.15) is 16.8 Å². The number of hydrogen-bond acceptors (Lipinski definition) is 4. The zero-order chi connectivity index (χ0) is 16.9. The molecule has 1 fully saturated rings. The van der Waals surface area contributed by atoms with Gasteiger partial charge in [-0.15, -0.1) is 0 Å². The number of carbonyl (C=O) groups excluding carboxylic acids is 1. The number of aromatic nitrogens is 1. The Kier molecular flexibility index (Phi) is 5.41. The lowest BCUT2D eigenvalue weighted by Crippen LogP contribution is -2.27. The lowest BCUT2D eigenvalue weighted by Gasteiger charge is -2.20. The van der Waals surface area contributed by atoms with Gasteiger partial charge in [-0.05, 0) is 48.6 Å². The molecule has 4 nitrogen and oxygen atoms in total. The molecule has 1 saturated heterocycles. The van der Waals surface area contributed by atoms with E-state index in [1.807, 2.05) is 55.2 Å². The van der Waals surface area contributed by atoms with Crippen LogP contribution in [0.3, 0.4) is 0 Å². The minimum absolute atomic E-state index is 0.00953. The third-order valence-electron chi connectivity index (χ3n) is 4.45. The van der Waals surface area contributed by atoms with E-state index in [0.717, 1.165) is 24.6 Å². The van der Waals surface area contributed by atoms with Crippen LogP contribution in [0.15, 0.2) is 48.7 Å². The van der Waals surface area contributed by atoms with E-state index in [4.69, 9.17) is 0 Å². The predicted octanol–water partition coefficient (Wildman–Crippen LogP) is 3.55. The number of carbonyl (C=O) groups is 1. The van der Waals surface area contributed by atoms with E-state index >= 15 is 0 Å². The van der Waals surface area contributed by atoms with Gasteiger partial charge in [0.25, 0.3) is 5.91 Å². The van der Waals surface area contributed by atoms with Gasteiger partial charge in [0.15, 0.2) is 0 Å². The van der Waals surface area contributed by atoms with Crippen LogP contribution in [0.4, 0.5) is 11.5 Å². The number of amides is 1. The Morgan fingerprint density at radius 2 is 2.12 bits per heavy atom. The Bertz CT molecular complexity index is 692. The summed E-state index contributed by atoms with van der Waals surface area (Å²) in [6.07, 6.45) is 5.09. The van der Waals surface area contributed by atoms with Crippen LogP contribution in [-0.2, 0) is 0 Å². The van der Waals surface area contributed by atoms with E-state index in [1.165, 1.54) is 12.2 Å². The number of pyridine rings is 1. The molecule has 1 atom stereocenters. The second-order valence-corrected chi connectivity index (χ2v) is 7.07. The predicted molar refractivity (Wildman–Crippen MR) is 102 cm³/mol. The van der Waals surface area contributed by atoms with E-state index in [0.29, 0.717) is 11.5 Å². The fourth-order valence-corrected chi connectivity index (χ4v) is 3.84. The number of hydrogen-bond donors (Lipinski definition) is 0. The largest absolute Gasteiger partial charge is 0.356 e. The molecule has 0 saturated carbocycles. The first-order valence-corrected chi connectivity index (χ1v) is 9.61. The van der Waals surface area contributed by atoms with Gasteiger partial charge < -0.3 is 9.80 Å². The molecule has 5 heteroatoms. The summed E-state index contributed by atoms with van der Waals surface area (Å²) in [6.45, 7) is 2.05. The van der Waals surface area contributed by atoms with Gasteiger partial charge in [-0.1, -0.05) is 18.2 Å². The Morgan fingerprint density at radius 3 is 2.88 bits per heavy atom.